The molecule has 1 atom stereocenters. The first kappa shape index (κ1) is 13.5. The molecule has 0 saturated carbocycles. The van der Waals surface area contributed by atoms with E-state index in [1.54, 1.807) is 11.3 Å². The van der Waals surface area contributed by atoms with Gasteiger partial charge in [-0.2, -0.15) is 0 Å². The van der Waals surface area contributed by atoms with Crippen molar-refractivity contribution in [3.05, 3.63) is 50.4 Å². The summed E-state index contributed by atoms with van der Waals surface area (Å²) < 4.78 is 0. The van der Waals surface area contributed by atoms with Crippen LogP contribution in [0, 0.1) is 13.8 Å². The van der Waals surface area contributed by atoms with Crippen molar-refractivity contribution in [1.82, 2.24) is 10.3 Å². The largest absolute Gasteiger partial charge is 0.313 e. The Hall–Kier alpha value is -0.900. The van der Waals surface area contributed by atoms with E-state index in [2.05, 4.69) is 28.7 Å². The van der Waals surface area contributed by atoms with Crippen LogP contribution in [0.25, 0.3) is 0 Å². The number of nitrogens with zero attached hydrogens (tertiary/aromatic N) is 1. The van der Waals surface area contributed by atoms with Crippen molar-refractivity contribution >= 4 is 22.9 Å². The maximum Gasteiger partial charge on any atom is 0.0897 e. The van der Waals surface area contributed by atoms with Gasteiger partial charge >= 0.3 is 0 Å². The lowest BCUT2D eigenvalue weighted by Gasteiger charge is -2.16. The third kappa shape index (κ3) is 3.31. The molecule has 1 aromatic carbocycles. The lowest BCUT2D eigenvalue weighted by molar-refractivity contribution is 0.585. The van der Waals surface area contributed by atoms with E-state index < -0.39 is 0 Å². The molecule has 0 bridgehead atoms. The van der Waals surface area contributed by atoms with Crippen molar-refractivity contribution in [2.24, 2.45) is 0 Å². The van der Waals surface area contributed by atoms with Gasteiger partial charge in [0.2, 0.25) is 0 Å². The third-order valence-corrected chi connectivity index (χ3v) is 3.94. The molecule has 2 rings (SSSR count). The second-order valence-electron chi connectivity index (χ2n) is 4.47. The number of nitrogens with one attached hydrogen (secondary N) is 1. The van der Waals surface area contributed by atoms with Crippen LogP contribution in [-0.2, 0) is 6.42 Å². The van der Waals surface area contributed by atoms with Crippen LogP contribution in [0.3, 0.4) is 0 Å². The third-order valence-electron chi connectivity index (χ3n) is 2.90. The monoisotopic (exact) mass is 280 g/mol. The van der Waals surface area contributed by atoms with Crippen molar-refractivity contribution in [3.8, 4) is 0 Å². The van der Waals surface area contributed by atoms with Gasteiger partial charge in [-0.1, -0.05) is 17.7 Å². The van der Waals surface area contributed by atoms with Gasteiger partial charge in [-0.25, -0.2) is 4.98 Å². The number of hydrogen-bond acceptors (Lipinski definition) is 3. The van der Waals surface area contributed by atoms with Gasteiger partial charge in [-0.3, -0.25) is 0 Å². The van der Waals surface area contributed by atoms with Crippen LogP contribution in [0.5, 0.6) is 0 Å². The molecule has 4 heteroatoms. The van der Waals surface area contributed by atoms with Crippen LogP contribution in [0.2, 0.25) is 5.02 Å². The lowest BCUT2D eigenvalue weighted by atomic mass is 10.0. The zero-order valence-corrected chi connectivity index (χ0v) is 12.4. The van der Waals surface area contributed by atoms with Crippen molar-refractivity contribution < 1.29 is 0 Å². The van der Waals surface area contributed by atoms with Gasteiger partial charge in [0.15, 0.2) is 0 Å². The predicted molar refractivity (Wildman–Crippen MR) is 78.5 cm³/mol. The predicted octanol–water partition coefficient (Wildman–Crippen LogP) is 3.92. The van der Waals surface area contributed by atoms with Crippen LogP contribution in [0.1, 0.15) is 27.9 Å². The molecule has 18 heavy (non-hydrogen) atoms. The lowest BCUT2D eigenvalue weighted by Crippen LogP contribution is -2.19. The average molecular weight is 281 g/mol. The van der Waals surface area contributed by atoms with Crippen molar-refractivity contribution in [2.75, 3.05) is 7.05 Å². The molecule has 0 aliphatic rings. The van der Waals surface area contributed by atoms with Crippen molar-refractivity contribution in [3.63, 3.8) is 0 Å². The fraction of sp³-hybridized carbons (Fsp3) is 0.357. The Morgan fingerprint density at radius 1 is 1.33 bits per heavy atom. The van der Waals surface area contributed by atoms with Crippen LogP contribution >= 0.6 is 22.9 Å². The Morgan fingerprint density at radius 2 is 2.11 bits per heavy atom. The van der Waals surface area contributed by atoms with Crippen molar-refractivity contribution in [1.29, 1.82) is 0 Å². The molecule has 2 nitrogen and oxygen atoms in total. The number of halogens is 1. The Bertz CT molecular complexity index is 516. The minimum atomic E-state index is 0.254. The fourth-order valence-corrected chi connectivity index (χ4v) is 2.99. The molecular weight excluding hydrogens is 264 g/mol. The first-order valence-corrected chi connectivity index (χ1v) is 7.19. The van der Waals surface area contributed by atoms with Gasteiger partial charge in [0.25, 0.3) is 0 Å². The van der Waals surface area contributed by atoms with E-state index in [4.69, 9.17) is 11.6 Å². The molecule has 2 aromatic rings. The second kappa shape index (κ2) is 5.83. The van der Waals surface area contributed by atoms with Crippen LogP contribution in [0.15, 0.2) is 23.6 Å². The highest BCUT2D eigenvalue weighted by Gasteiger charge is 2.13. The standard InChI is InChI=1S/C14H17ClN2S/c1-9-4-11(6-12(15)5-9)14(16-3)7-13-8-18-10(2)17-13/h4-6,8,14,16H,7H2,1-3H3. The van der Waals surface area contributed by atoms with E-state index in [0.717, 1.165) is 22.1 Å². The Kier molecular flexibility index (Phi) is 4.38. The number of hydrogen-bond donors (Lipinski definition) is 1. The average Bonchev–Trinajstić information content (AvgIpc) is 2.70. The topological polar surface area (TPSA) is 24.9 Å². The molecule has 96 valence electrons. The number of likely N-dealkylation sites (N-methyl/N-ethyl adjacent to an activating group) is 1. The van der Waals surface area contributed by atoms with Gasteiger partial charge in [-0.05, 0) is 44.2 Å². The molecule has 1 heterocycles. The van der Waals surface area contributed by atoms with Crippen LogP contribution in [0.4, 0.5) is 0 Å². The smallest absolute Gasteiger partial charge is 0.0897 e. The van der Waals surface area contributed by atoms with E-state index in [-0.39, 0.29) is 6.04 Å². The summed E-state index contributed by atoms with van der Waals surface area (Å²) in [5, 5.41) is 7.36. The van der Waals surface area contributed by atoms with Gasteiger partial charge in [0, 0.05) is 22.9 Å². The molecule has 0 aliphatic carbocycles. The highest BCUT2D eigenvalue weighted by atomic mass is 35.5. The van der Waals surface area contributed by atoms with Gasteiger partial charge in [0.1, 0.15) is 0 Å². The summed E-state index contributed by atoms with van der Waals surface area (Å²) in [6.07, 6.45) is 0.890. The molecule has 0 amide bonds. The fourth-order valence-electron chi connectivity index (χ4n) is 2.06. The van der Waals surface area contributed by atoms with E-state index in [1.807, 2.05) is 26.1 Å². The molecule has 0 spiro atoms. The molecular formula is C14H17ClN2S. The maximum atomic E-state index is 6.12. The van der Waals surface area contributed by atoms with E-state index in [0.29, 0.717) is 0 Å². The SMILES string of the molecule is CNC(Cc1csc(C)n1)c1cc(C)cc(Cl)c1. The minimum absolute atomic E-state index is 0.254. The van der Waals surface area contributed by atoms with Gasteiger partial charge in [0.05, 0.1) is 10.7 Å². The maximum absolute atomic E-state index is 6.12. The summed E-state index contributed by atoms with van der Waals surface area (Å²) in [4.78, 5) is 4.51. The number of rotatable bonds is 4. The first-order valence-electron chi connectivity index (χ1n) is 5.94. The molecule has 0 saturated heterocycles. The zero-order valence-electron chi connectivity index (χ0n) is 10.8. The van der Waals surface area contributed by atoms with E-state index in [9.17, 15) is 0 Å². The number of benzene rings is 1. The second-order valence-corrected chi connectivity index (χ2v) is 5.96. The summed E-state index contributed by atoms with van der Waals surface area (Å²) in [5.41, 5.74) is 3.54. The molecule has 0 aliphatic heterocycles. The molecule has 0 radical (unpaired) electrons. The molecule has 1 unspecified atom stereocenters. The summed E-state index contributed by atoms with van der Waals surface area (Å²) in [6, 6.07) is 6.43. The van der Waals surface area contributed by atoms with E-state index in [1.165, 1.54) is 11.1 Å². The first-order chi connectivity index (χ1) is 8.58. The number of thiazole rings is 1. The van der Waals surface area contributed by atoms with Crippen LogP contribution < -0.4 is 5.32 Å². The highest BCUT2D eigenvalue weighted by Crippen LogP contribution is 2.23. The quantitative estimate of drug-likeness (QED) is 0.918. The summed E-state index contributed by atoms with van der Waals surface area (Å²) in [6.45, 7) is 4.10. The Balaban J connectivity index is 2.22. The minimum Gasteiger partial charge on any atom is -0.313 e. The molecule has 1 N–H and O–H groups in total. The normalized spacial score (nSPS) is 12.7. The van der Waals surface area contributed by atoms with Crippen LogP contribution in [-0.4, -0.2) is 12.0 Å². The summed E-state index contributed by atoms with van der Waals surface area (Å²) in [5.74, 6) is 0. The Labute approximate surface area is 117 Å². The summed E-state index contributed by atoms with van der Waals surface area (Å²) in [7, 11) is 1.97. The molecule has 1 aromatic heterocycles. The van der Waals surface area contributed by atoms with Crippen molar-refractivity contribution in [2.45, 2.75) is 26.3 Å². The Morgan fingerprint density at radius 3 is 2.67 bits per heavy atom. The van der Waals surface area contributed by atoms with Gasteiger partial charge in [-0.15, -0.1) is 11.3 Å². The zero-order chi connectivity index (χ0) is 13.1. The van der Waals surface area contributed by atoms with Gasteiger partial charge < -0.3 is 5.32 Å². The summed E-state index contributed by atoms with van der Waals surface area (Å²) >= 11 is 7.81. The molecule has 0 fully saturated rings. The van der Waals surface area contributed by atoms with E-state index >= 15 is 0 Å². The highest BCUT2D eigenvalue weighted by molar-refractivity contribution is 7.09. The number of aromatic nitrogens is 1. The number of aryl methyl sites for hydroxylation is 2.